The first-order valence-corrected chi connectivity index (χ1v) is 4.56. The number of rotatable bonds is 3. The van der Waals surface area contributed by atoms with Gasteiger partial charge >= 0.3 is 0 Å². The van der Waals surface area contributed by atoms with Crippen molar-refractivity contribution >= 4 is 5.91 Å². The lowest BCUT2D eigenvalue weighted by Crippen LogP contribution is -2.33. The van der Waals surface area contributed by atoms with Gasteiger partial charge in [-0.25, -0.2) is 4.98 Å². The lowest BCUT2D eigenvalue weighted by Gasteiger charge is -2.18. The van der Waals surface area contributed by atoms with Gasteiger partial charge in [0.1, 0.15) is 0 Å². The number of hydrogen-bond acceptors (Lipinski definition) is 3. The topological polar surface area (TPSA) is 53.4 Å². The molecule has 0 saturated carbocycles. The van der Waals surface area contributed by atoms with Crippen molar-refractivity contribution in [2.24, 2.45) is 0 Å². The molecule has 82 valence electrons. The van der Waals surface area contributed by atoms with Crippen LogP contribution in [0.1, 0.15) is 17.3 Å². The summed E-state index contributed by atoms with van der Waals surface area (Å²) in [5.74, 6) is -0.909. The van der Waals surface area contributed by atoms with E-state index in [0.717, 1.165) is 6.07 Å². The third-order valence-electron chi connectivity index (χ3n) is 1.86. The van der Waals surface area contributed by atoms with E-state index in [1.165, 1.54) is 17.2 Å². The maximum absolute atomic E-state index is 12.5. The van der Waals surface area contributed by atoms with Crippen LogP contribution in [0.3, 0.4) is 0 Å². The number of carbonyl (C=O) groups excluding carboxylic acids is 1. The molecule has 0 aliphatic rings. The van der Waals surface area contributed by atoms with Crippen molar-refractivity contribution < 1.29 is 14.3 Å². The average Bonchev–Trinajstić information content (AvgIpc) is 2.17. The van der Waals surface area contributed by atoms with E-state index in [4.69, 9.17) is 5.11 Å². The monoisotopic (exact) mass is 212 g/mol. The van der Waals surface area contributed by atoms with Crippen molar-refractivity contribution in [3.8, 4) is 0 Å². The third-order valence-corrected chi connectivity index (χ3v) is 1.86. The minimum absolute atomic E-state index is 0.232. The fourth-order valence-electron chi connectivity index (χ4n) is 1.20. The summed E-state index contributed by atoms with van der Waals surface area (Å²) in [6.07, 6.45) is 0.586. The number of amides is 1. The minimum Gasteiger partial charge on any atom is -0.392 e. The van der Waals surface area contributed by atoms with Crippen LogP contribution in [0, 0.1) is 5.95 Å². The first-order chi connectivity index (χ1) is 7.00. The van der Waals surface area contributed by atoms with Gasteiger partial charge in [-0.3, -0.25) is 4.79 Å². The molecule has 0 spiro atoms. The van der Waals surface area contributed by atoms with E-state index in [0.29, 0.717) is 5.56 Å². The molecule has 1 aromatic heterocycles. The molecular formula is C10H13FN2O2. The maximum atomic E-state index is 12.5. The van der Waals surface area contributed by atoms with Gasteiger partial charge in [0.15, 0.2) is 0 Å². The number of likely N-dealkylation sites (N-methyl/N-ethyl adjacent to an activating group) is 1. The number of nitrogens with zero attached hydrogens (tertiary/aromatic N) is 2. The summed E-state index contributed by atoms with van der Waals surface area (Å²) >= 11 is 0. The van der Waals surface area contributed by atoms with E-state index in [1.54, 1.807) is 14.0 Å². The Morgan fingerprint density at radius 1 is 1.67 bits per heavy atom. The first-order valence-electron chi connectivity index (χ1n) is 4.56. The average molecular weight is 212 g/mol. The number of aliphatic hydroxyl groups excluding tert-OH is 1. The molecule has 0 fully saturated rings. The molecule has 1 unspecified atom stereocenters. The van der Waals surface area contributed by atoms with Crippen molar-refractivity contribution in [2.45, 2.75) is 13.0 Å². The molecule has 0 aliphatic heterocycles. The van der Waals surface area contributed by atoms with E-state index in [1.807, 2.05) is 0 Å². The zero-order valence-electron chi connectivity index (χ0n) is 8.64. The summed E-state index contributed by atoms with van der Waals surface area (Å²) in [6, 6.07) is 2.49. The van der Waals surface area contributed by atoms with Crippen LogP contribution in [0.15, 0.2) is 18.3 Å². The largest absolute Gasteiger partial charge is 0.392 e. The van der Waals surface area contributed by atoms with Gasteiger partial charge < -0.3 is 10.0 Å². The van der Waals surface area contributed by atoms with E-state index >= 15 is 0 Å². The Morgan fingerprint density at radius 3 is 2.80 bits per heavy atom. The zero-order chi connectivity index (χ0) is 11.4. The second-order valence-corrected chi connectivity index (χ2v) is 3.40. The Balaban J connectivity index is 2.72. The van der Waals surface area contributed by atoms with Crippen molar-refractivity contribution in [1.29, 1.82) is 0 Å². The second kappa shape index (κ2) is 4.84. The first kappa shape index (κ1) is 11.6. The van der Waals surface area contributed by atoms with Gasteiger partial charge in [-0.15, -0.1) is 0 Å². The number of carbonyl (C=O) groups is 1. The molecule has 0 radical (unpaired) electrons. The van der Waals surface area contributed by atoms with E-state index < -0.39 is 12.1 Å². The molecule has 1 N–H and O–H groups in total. The predicted octanol–water partition coefficient (Wildman–Crippen LogP) is 0.674. The Bertz CT molecular complexity index is 338. The summed E-state index contributed by atoms with van der Waals surface area (Å²) in [4.78, 5) is 16.4. The van der Waals surface area contributed by atoms with Gasteiger partial charge in [0.25, 0.3) is 5.91 Å². The number of hydrogen-bond donors (Lipinski definition) is 1. The van der Waals surface area contributed by atoms with Gasteiger partial charge in [0.2, 0.25) is 5.95 Å². The normalized spacial score (nSPS) is 12.3. The SMILES string of the molecule is CC(O)CN(C)C(=O)c1ccc(F)nc1. The maximum Gasteiger partial charge on any atom is 0.255 e. The summed E-state index contributed by atoms with van der Waals surface area (Å²) in [5.41, 5.74) is 0.305. The Morgan fingerprint density at radius 2 is 2.33 bits per heavy atom. The van der Waals surface area contributed by atoms with Crippen LogP contribution in [-0.2, 0) is 0 Å². The molecule has 15 heavy (non-hydrogen) atoms. The standard InChI is InChI=1S/C10H13FN2O2/c1-7(14)6-13(2)10(15)8-3-4-9(11)12-5-8/h3-5,7,14H,6H2,1-2H3. The van der Waals surface area contributed by atoms with Crippen LogP contribution < -0.4 is 0 Å². The van der Waals surface area contributed by atoms with Gasteiger partial charge in [-0.1, -0.05) is 0 Å². The molecule has 1 aromatic rings. The molecule has 1 atom stereocenters. The van der Waals surface area contributed by atoms with Crippen LogP contribution in [0.25, 0.3) is 0 Å². The van der Waals surface area contributed by atoms with Crippen molar-refractivity contribution in [2.75, 3.05) is 13.6 Å². The van der Waals surface area contributed by atoms with Gasteiger partial charge in [-0.2, -0.15) is 4.39 Å². The van der Waals surface area contributed by atoms with Crippen LogP contribution >= 0.6 is 0 Å². The minimum atomic E-state index is -0.621. The second-order valence-electron chi connectivity index (χ2n) is 3.40. The number of halogens is 1. The van der Waals surface area contributed by atoms with Gasteiger partial charge in [-0.05, 0) is 19.1 Å². The van der Waals surface area contributed by atoms with Crippen molar-refractivity contribution in [1.82, 2.24) is 9.88 Å². The Labute approximate surface area is 87.4 Å². The lowest BCUT2D eigenvalue weighted by molar-refractivity contribution is 0.0703. The summed E-state index contributed by atoms with van der Waals surface area (Å²) in [7, 11) is 1.57. The molecule has 1 rings (SSSR count). The Hall–Kier alpha value is -1.49. The van der Waals surface area contributed by atoms with Crippen LogP contribution in [0.5, 0.6) is 0 Å². The molecule has 0 aromatic carbocycles. The molecule has 4 nitrogen and oxygen atoms in total. The Kier molecular flexibility index (Phi) is 3.74. The third kappa shape index (κ3) is 3.28. The summed E-state index contributed by atoms with van der Waals surface area (Å²) in [5, 5.41) is 9.09. The molecule has 0 bridgehead atoms. The fraction of sp³-hybridized carbons (Fsp3) is 0.400. The summed E-state index contributed by atoms with van der Waals surface area (Å²) < 4.78 is 12.5. The zero-order valence-corrected chi connectivity index (χ0v) is 8.64. The van der Waals surface area contributed by atoms with Gasteiger partial charge in [0.05, 0.1) is 11.7 Å². The highest BCUT2D eigenvalue weighted by Crippen LogP contribution is 2.03. The number of aliphatic hydroxyl groups is 1. The van der Waals surface area contributed by atoms with Crippen molar-refractivity contribution in [3.05, 3.63) is 29.8 Å². The molecule has 1 amide bonds. The predicted molar refractivity (Wildman–Crippen MR) is 52.8 cm³/mol. The lowest BCUT2D eigenvalue weighted by atomic mass is 10.2. The highest BCUT2D eigenvalue weighted by atomic mass is 19.1. The quantitative estimate of drug-likeness (QED) is 0.749. The molecular weight excluding hydrogens is 199 g/mol. The van der Waals surface area contributed by atoms with E-state index in [-0.39, 0.29) is 12.5 Å². The van der Waals surface area contributed by atoms with E-state index in [9.17, 15) is 9.18 Å². The van der Waals surface area contributed by atoms with Crippen LogP contribution in [0.2, 0.25) is 0 Å². The van der Waals surface area contributed by atoms with Gasteiger partial charge in [0, 0.05) is 19.8 Å². The molecule has 5 heteroatoms. The smallest absolute Gasteiger partial charge is 0.255 e. The van der Waals surface area contributed by atoms with Crippen molar-refractivity contribution in [3.63, 3.8) is 0 Å². The van der Waals surface area contributed by atoms with E-state index in [2.05, 4.69) is 4.98 Å². The molecule has 1 heterocycles. The highest BCUT2D eigenvalue weighted by molar-refractivity contribution is 5.93. The van der Waals surface area contributed by atoms with Crippen LogP contribution in [-0.4, -0.2) is 40.6 Å². The fourth-order valence-corrected chi connectivity index (χ4v) is 1.20. The number of aromatic nitrogens is 1. The highest BCUT2D eigenvalue weighted by Gasteiger charge is 2.13. The molecule has 0 saturated heterocycles. The molecule has 0 aliphatic carbocycles. The van der Waals surface area contributed by atoms with Crippen LogP contribution in [0.4, 0.5) is 4.39 Å². The summed E-state index contributed by atoms with van der Waals surface area (Å²) in [6.45, 7) is 1.82. The number of pyridine rings is 1.